The summed E-state index contributed by atoms with van der Waals surface area (Å²) in [7, 11) is 4.86. The third-order valence-electron chi connectivity index (χ3n) is 3.67. The number of carbonyl (C=O) groups is 1. The largest absolute Gasteiger partial charge is 0.490 e. The van der Waals surface area contributed by atoms with Crippen LogP contribution in [-0.4, -0.2) is 49.5 Å². The van der Waals surface area contributed by atoms with Crippen molar-refractivity contribution in [3.8, 4) is 5.75 Å². The fourth-order valence-electron chi connectivity index (χ4n) is 2.63. The van der Waals surface area contributed by atoms with Crippen LogP contribution >= 0.6 is 0 Å². The third kappa shape index (κ3) is 2.91. The summed E-state index contributed by atoms with van der Waals surface area (Å²) in [6.07, 6.45) is 1.71. The zero-order valence-electron chi connectivity index (χ0n) is 12.4. The van der Waals surface area contributed by atoms with Crippen molar-refractivity contribution in [2.45, 2.75) is 18.9 Å². The molecule has 0 unspecified atom stereocenters. The number of carbonyl (C=O) groups excluding carboxylic acids is 1. The van der Waals surface area contributed by atoms with Gasteiger partial charge in [0, 0.05) is 38.5 Å². The van der Waals surface area contributed by atoms with Crippen LogP contribution in [-0.2, 0) is 4.79 Å². The highest BCUT2D eigenvalue weighted by Crippen LogP contribution is 2.34. The molecule has 7 heteroatoms. The van der Waals surface area contributed by atoms with Crippen LogP contribution in [0.2, 0.25) is 0 Å². The zero-order valence-corrected chi connectivity index (χ0v) is 12.4. The Morgan fingerprint density at radius 1 is 1.48 bits per heavy atom. The average molecular weight is 293 g/mol. The molecule has 0 spiro atoms. The summed E-state index contributed by atoms with van der Waals surface area (Å²) in [5.41, 5.74) is 0.700. The van der Waals surface area contributed by atoms with Gasteiger partial charge >= 0.3 is 5.69 Å². The van der Waals surface area contributed by atoms with Crippen LogP contribution in [0.5, 0.6) is 5.75 Å². The first-order valence-electron chi connectivity index (χ1n) is 6.76. The number of nitrogens with zero attached hydrogens (tertiary/aromatic N) is 3. The number of amides is 1. The van der Waals surface area contributed by atoms with Crippen LogP contribution in [0, 0.1) is 10.1 Å². The highest BCUT2D eigenvalue weighted by atomic mass is 16.6. The van der Waals surface area contributed by atoms with E-state index in [4.69, 9.17) is 4.74 Å². The van der Waals surface area contributed by atoms with Crippen LogP contribution in [0.25, 0.3) is 0 Å². The molecule has 21 heavy (non-hydrogen) atoms. The molecule has 114 valence electrons. The van der Waals surface area contributed by atoms with Crippen molar-refractivity contribution in [1.82, 2.24) is 4.90 Å². The van der Waals surface area contributed by atoms with Crippen molar-refractivity contribution in [3.63, 3.8) is 0 Å². The summed E-state index contributed by atoms with van der Waals surface area (Å²) in [5, 5.41) is 10.9. The fourth-order valence-corrected chi connectivity index (χ4v) is 2.63. The number of nitro benzene ring substituents is 1. The van der Waals surface area contributed by atoms with E-state index in [0.29, 0.717) is 0 Å². The van der Waals surface area contributed by atoms with Gasteiger partial charge in [-0.1, -0.05) is 0 Å². The van der Waals surface area contributed by atoms with Crippen LogP contribution in [0.1, 0.15) is 12.8 Å². The number of nitro groups is 1. The molecule has 0 N–H and O–H groups in total. The van der Waals surface area contributed by atoms with Gasteiger partial charge in [-0.3, -0.25) is 14.9 Å². The molecule has 1 aliphatic heterocycles. The van der Waals surface area contributed by atoms with Crippen molar-refractivity contribution in [2.75, 3.05) is 32.6 Å². The molecule has 0 aromatic heterocycles. The molecule has 7 nitrogen and oxygen atoms in total. The Kier molecular flexibility index (Phi) is 4.30. The minimum absolute atomic E-state index is 0.0461. The fraction of sp³-hybridized carbons (Fsp3) is 0.500. The summed E-state index contributed by atoms with van der Waals surface area (Å²) >= 11 is 0. The van der Waals surface area contributed by atoms with Crippen molar-refractivity contribution in [2.24, 2.45) is 0 Å². The number of anilines is 1. The second-order valence-corrected chi connectivity index (χ2v) is 5.20. The molecule has 1 amide bonds. The Hall–Kier alpha value is -2.31. The lowest BCUT2D eigenvalue weighted by molar-refractivity contribution is -0.385. The van der Waals surface area contributed by atoms with Gasteiger partial charge in [0.2, 0.25) is 5.91 Å². The van der Waals surface area contributed by atoms with E-state index in [-0.39, 0.29) is 23.4 Å². The van der Waals surface area contributed by atoms with E-state index in [0.717, 1.165) is 25.1 Å². The number of hydrogen-bond donors (Lipinski definition) is 0. The van der Waals surface area contributed by atoms with Gasteiger partial charge in [0.1, 0.15) is 6.04 Å². The molecule has 0 saturated carbocycles. The van der Waals surface area contributed by atoms with Gasteiger partial charge in [-0.05, 0) is 18.9 Å². The van der Waals surface area contributed by atoms with E-state index < -0.39 is 4.92 Å². The Balaban J connectivity index is 2.33. The highest BCUT2D eigenvalue weighted by Gasteiger charge is 2.32. The normalized spacial score (nSPS) is 17.7. The van der Waals surface area contributed by atoms with Crippen molar-refractivity contribution in [3.05, 3.63) is 28.3 Å². The number of benzene rings is 1. The lowest BCUT2D eigenvalue weighted by Crippen LogP contribution is -2.42. The minimum Gasteiger partial charge on any atom is -0.490 e. The van der Waals surface area contributed by atoms with E-state index in [1.54, 1.807) is 31.1 Å². The second kappa shape index (κ2) is 5.99. The van der Waals surface area contributed by atoms with Gasteiger partial charge in [0.25, 0.3) is 0 Å². The summed E-state index contributed by atoms with van der Waals surface area (Å²) in [6.45, 7) is 0.755. The molecule has 0 bridgehead atoms. The smallest absolute Gasteiger partial charge is 0.311 e. The molecule has 2 rings (SSSR count). The molecule has 0 aliphatic carbocycles. The van der Waals surface area contributed by atoms with E-state index in [9.17, 15) is 14.9 Å². The maximum atomic E-state index is 12.2. The van der Waals surface area contributed by atoms with Gasteiger partial charge in [0.05, 0.1) is 12.0 Å². The van der Waals surface area contributed by atoms with Crippen LogP contribution in [0.4, 0.5) is 11.4 Å². The van der Waals surface area contributed by atoms with Crippen LogP contribution < -0.4 is 9.64 Å². The number of likely N-dealkylation sites (N-methyl/N-ethyl adjacent to an activating group) is 1. The van der Waals surface area contributed by atoms with Gasteiger partial charge in [0.15, 0.2) is 5.75 Å². The Morgan fingerprint density at radius 3 is 2.76 bits per heavy atom. The molecule has 1 saturated heterocycles. The quantitative estimate of drug-likeness (QED) is 0.623. The first-order chi connectivity index (χ1) is 9.95. The van der Waals surface area contributed by atoms with Gasteiger partial charge in [-0.2, -0.15) is 0 Å². The topological polar surface area (TPSA) is 75.9 Å². The van der Waals surface area contributed by atoms with Gasteiger partial charge < -0.3 is 14.5 Å². The predicted octanol–water partition coefficient (Wildman–Crippen LogP) is 1.66. The number of rotatable bonds is 4. The lowest BCUT2D eigenvalue weighted by atomic mass is 10.1. The molecular formula is C14H19N3O4. The third-order valence-corrected chi connectivity index (χ3v) is 3.67. The maximum absolute atomic E-state index is 12.2. The molecule has 0 radical (unpaired) electrons. The molecule has 1 aromatic carbocycles. The van der Waals surface area contributed by atoms with Crippen molar-refractivity contribution < 1.29 is 14.5 Å². The molecular weight excluding hydrogens is 274 g/mol. The Labute approximate surface area is 123 Å². The monoisotopic (exact) mass is 293 g/mol. The standard InChI is InChI=1S/C14H19N3O4/c1-15(2)14(18)12-5-4-8-16(12)10-6-7-11(17(19)20)13(9-10)21-3/h6-7,9,12H,4-5,8H2,1-3H3/t12-/m1/s1. The summed E-state index contributed by atoms with van der Waals surface area (Å²) in [6, 6.07) is 4.50. The molecule has 1 atom stereocenters. The van der Waals surface area contributed by atoms with E-state index in [1.165, 1.54) is 13.2 Å². The zero-order chi connectivity index (χ0) is 15.6. The SMILES string of the molecule is COc1cc(N2CCC[C@@H]2C(=O)N(C)C)ccc1[N+](=O)[O-]. The van der Waals surface area contributed by atoms with Gasteiger partial charge in [-0.15, -0.1) is 0 Å². The lowest BCUT2D eigenvalue weighted by Gasteiger charge is -2.28. The summed E-state index contributed by atoms with van der Waals surface area (Å²) in [5.74, 6) is 0.255. The first kappa shape index (κ1) is 15.1. The highest BCUT2D eigenvalue weighted by molar-refractivity contribution is 5.85. The van der Waals surface area contributed by atoms with Crippen LogP contribution in [0.3, 0.4) is 0 Å². The maximum Gasteiger partial charge on any atom is 0.311 e. The van der Waals surface area contributed by atoms with Crippen molar-refractivity contribution >= 4 is 17.3 Å². The predicted molar refractivity (Wildman–Crippen MR) is 78.7 cm³/mol. The van der Waals surface area contributed by atoms with Crippen molar-refractivity contribution in [1.29, 1.82) is 0 Å². The Morgan fingerprint density at radius 2 is 2.19 bits per heavy atom. The molecule has 1 heterocycles. The average Bonchev–Trinajstić information content (AvgIpc) is 2.94. The number of ether oxygens (including phenoxy) is 1. The molecule has 1 aliphatic rings. The summed E-state index contributed by atoms with van der Waals surface area (Å²) in [4.78, 5) is 26.2. The number of methoxy groups -OCH3 is 1. The minimum atomic E-state index is -0.477. The van der Waals surface area contributed by atoms with Crippen LogP contribution in [0.15, 0.2) is 18.2 Å². The summed E-state index contributed by atoms with van der Waals surface area (Å²) < 4.78 is 5.09. The van der Waals surface area contributed by atoms with Gasteiger partial charge in [-0.25, -0.2) is 0 Å². The van der Waals surface area contributed by atoms with E-state index in [1.807, 2.05) is 4.90 Å². The Bertz CT molecular complexity index is 559. The van der Waals surface area contributed by atoms with E-state index >= 15 is 0 Å². The molecule has 1 fully saturated rings. The number of hydrogen-bond acceptors (Lipinski definition) is 5. The van der Waals surface area contributed by atoms with E-state index in [2.05, 4.69) is 0 Å². The molecule has 1 aromatic rings. The second-order valence-electron chi connectivity index (χ2n) is 5.20. The first-order valence-corrected chi connectivity index (χ1v) is 6.76.